The van der Waals surface area contributed by atoms with Crippen molar-refractivity contribution >= 4 is 24.2 Å². The molecule has 1 aliphatic heterocycles. The van der Waals surface area contributed by atoms with Crippen molar-refractivity contribution in [1.82, 2.24) is 10.2 Å². The van der Waals surface area contributed by atoms with Gasteiger partial charge in [0.25, 0.3) is 5.91 Å². The van der Waals surface area contributed by atoms with E-state index < -0.39 is 0 Å². The van der Waals surface area contributed by atoms with Gasteiger partial charge in [-0.05, 0) is 31.0 Å². The largest absolute Gasteiger partial charge is 0.484 e. The van der Waals surface area contributed by atoms with Crippen LogP contribution in [0.4, 0.5) is 0 Å². The van der Waals surface area contributed by atoms with E-state index in [2.05, 4.69) is 5.32 Å². The van der Waals surface area contributed by atoms with Crippen LogP contribution >= 0.6 is 12.4 Å². The quantitative estimate of drug-likeness (QED) is 0.792. The number of likely N-dealkylation sites (tertiary alicyclic amines) is 1. The molecular weight excluding hydrogens is 306 g/mol. The van der Waals surface area contributed by atoms with Crippen molar-refractivity contribution in [2.45, 2.75) is 6.42 Å². The third kappa shape index (κ3) is 5.54. The van der Waals surface area contributed by atoms with E-state index in [0.717, 1.165) is 13.0 Å². The number of benzene rings is 1. The molecule has 0 aliphatic carbocycles. The zero-order valence-electron chi connectivity index (χ0n) is 12.4. The molecule has 1 heterocycles. The van der Waals surface area contributed by atoms with Crippen LogP contribution in [-0.2, 0) is 9.59 Å². The van der Waals surface area contributed by atoms with Gasteiger partial charge in [-0.25, -0.2) is 0 Å². The third-order valence-corrected chi connectivity index (χ3v) is 3.52. The Morgan fingerprint density at radius 1 is 1.32 bits per heavy atom. The molecule has 1 atom stereocenters. The van der Waals surface area contributed by atoms with E-state index >= 15 is 0 Å². The number of nitrogens with zero attached hydrogens (tertiary/aromatic N) is 1. The lowest BCUT2D eigenvalue weighted by Crippen LogP contribution is -2.40. The molecule has 122 valence electrons. The Bertz CT molecular complexity index is 484. The average Bonchev–Trinajstić information content (AvgIpc) is 3.00. The van der Waals surface area contributed by atoms with Crippen molar-refractivity contribution in [1.29, 1.82) is 0 Å². The van der Waals surface area contributed by atoms with Crippen molar-refractivity contribution < 1.29 is 14.3 Å². The van der Waals surface area contributed by atoms with Crippen LogP contribution < -0.4 is 15.8 Å². The summed E-state index contributed by atoms with van der Waals surface area (Å²) in [6, 6.07) is 9.08. The van der Waals surface area contributed by atoms with Gasteiger partial charge in [0.1, 0.15) is 5.75 Å². The first kappa shape index (κ1) is 18.3. The molecule has 1 aliphatic rings. The van der Waals surface area contributed by atoms with Gasteiger partial charge in [0, 0.05) is 13.1 Å². The van der Waals surface area contributed by atoms with Crippen molar-refractivity contribution in [2.24, 2.45) is 11.7 Å². The predicted molar refractivity (Wildman–Crippen MR) is 85.9 cm³/mol. The molecule has 0 saturated carbocycles. The number of carbonyl (C=O) groups excluding carboxylic acids is 2. The van der Waals surface area contributed by atoms with Crippen LogP contribution in [0.5, 0.6) is 5.75 Å². The summed E-state index contributed by atoms with van der Waals surface area (Å²) in [5, 5.41) is 2.58. The number of hydrogen-bond donors (Lipinski definition) is 2. The molecule has 1 fully saturated rings. The number of para-hydroxylation sites is 1. The minimum atomic E-state index is -0.304. The number of amides is 2. The predicted octanol–water partition coefficient (Wildman–Crippen LogP) is 0.411. The van der Waals surface area contributed by atoms with Gasteiger partial charge in [-0.2, -0.15) is 0 Å². The Kier molecular flexibility index (Phi) is 7.70. The highest BCUT2D eigenvalue weighted by atomic mass is 35.5. The summed E-state index contributed by atoms with van der Waals surface area (Å²) in [6.45, 7) is 1.92. The molecule has 7 heteroatoms. The van der Waals surface area contributed by atoms with E-state index in [1.54, 1.807) is 17.0 Å². The minimum Gasteiger partial charge on any atom is -0.484 e. The Hall–Kier alpha value is -1.79. The topological polar surface area (TPSA) is 84.7 Å². The minimum absolute atomic E-state index is 0. The molecule has 2 amide bonds. The molecule has 0 spiro atoms. The summed E-state index contributed by atoms with van der Waals surface area (Å²) in [4.78, 5) is 25.3. The highest BCUT2D eigenvalue weighted by Gasteiger charge is 2.25. The Morgan fingerprint density at radius 2 is 2.05 bits per heavy atom. The van der Waals surface area contributed by atoms with Crippen LogP contribution in [0, 0.1) is 5.92 Å². The molecule has 2 rings (SSSR count). The van der Waals surface area contributed by atoms with E-state index in [9.17, 15) is 9.59 Å². The zero-order valence-corrected chi connectivity index (χ0v) is 13.2. The number of nitrogens with one attached hydrogen (secondary N) is 1. The molecule has 3 N–H and O–H groups in total. The highest BCUT2D eigenvalue weighted by molar-refractivity contribution is 5.85. The van der Waals surface area contributed by atoms with Crippen LogP contribution in [-0.4, -0.2) is 49.5 Å². The van der Waals surface area contributed by atoms with E-state index in [4.69, 9.17) is 10.5 Å². The summed E-state index contributed by atoms with van der Waals surface area (Å²) in [7, 11) is 0. The maximum atomic E-state index is 11.9. The first-order chi connectivity index (χ1) is 10.2. The Balaban J connectivity index is 0.00000242. The SMILES string of the molecule is Cl.NCC1CCN(C(=O)CNC(=O)COc2ccccc2)C1. The van der Waals surface area contributed by atoms with E-state index in [0.29, 0.717) is 24.8 Å². The fraction of sp³-hybridized carbons (Fsp3) is 0.467. The lowest BCUT2D eigenvalue weighted by molar-refractivity contribution is -0.132. The summed E-state index contributed by atoms with van der Waals surface area (Å²) in [5.41, 5.74) is 5.59. The fourth-order valence-corrected chi connectivity index (χ4v) is 2.25. The van der Waals surface area contributed by atoms with Crippen molar-refractivity contribution in [3.63, 3.8) is 0 Å². The maximum absolute atomic E-state index is 11.9. The second-order valence-electron chi connectivity index (χ2n) is 5.11. The second-order valence-corrected chi connectivity index (χ2v) is 5.11. The second kappa shape index (κ2) is 9.27. The van der Waals surface area contributed by atoms with Crippen molar-refractivity contribution in [3.8, 4) is 5.75 Å². The molecular formula is C15H22ClN3O3. The molecule has 0 bridgehead atoms. The van der Waals surface area contributed by atoms with Crippen LogP contribution in [0.15, 0.2) is 30.3 Å². The maximum Gasteiger partial charge on any atom is 0.258 e. The Labute approximate surface area is 136 Å². The van der Waals surface area contributed by atoms with Crippen LogP contribution in [0.2, 0.25) is 0 Å². The van der Waals surface area contributed by atoms with E-state index in [1.807, 2.05) is 18.2 Å². The van der Waals surface area contributed by atoms with Crippen LogP contribution in [0.1, 0.15) is 6.42 Å². The van der Waals surface area contributed by atoms with Gasteiger partial charge in [0.15, 0.2) is 6.61 Å². The summed E-state index contributed by atoms with van der Waals surface area (Å²) >= 11 is 0. The smallest absolute Gasteiger partial charge is 0.258 e. The Morgan fingerprint density at radius 3 is 2.68 bits per heavy atom. The number of nitrogens with two attached hydrogens (primary N) is 1. The number of hydrogen-bond acceptors (Lipinski definition) is 4. The number of rotatable bonds is 6. The monoisotopic (exact) mass is 327 g/mol. The van der Waals surface area contributed by atoms with Gasteiger partial charge in [0.2, 0.25) is 5.91 Å². The van der Waals surface area contributed by atoms with Gasteiger partial charge in [0.05, 0.1) is 6.54 Å². The van der Waals surface area contributed by atoms with Crippen LogP contribution in [0.3, 0.4) is 0 Å². The lowest BCUT2D eigenvalue weighted by Gasteiger charge is -2.16. The standard InChI is InChI=1S/C15H21N3O3.ClH/c16-8-12-6-7-18(10-12)15(20)9-17-14(19)11-21-13-4-2-1-3-5-13;/h1-5,12H,6-11,16H2,(H,17,19);1H. The third-order valence-electron chi connectivity index (χ3n) is 3.52. The van der Waals surface area contributed by atoms with E-state index in [1.165, 1.54) is 0 Å². The van der Waals surface area contributed by atoms with E-state index in [-0.39, 0.29) is 37.4 Å². The van der Waals surface area contributed by atoms with Crippen molar-refractivity contribution in [2.75, 3.05) is 32.8 Å². The number of carbonyl (C=O) groups is 2. The fourth-order valence-electron chi connectivity index (χ4n) is 2.25. The van der Waals surface area contributed by atoms with Gasteiger partial charge < -0.3 is 20.7 Å². The van der Waals surface area contributed by atoms with Gasteiger partial charge >= 0.3 is 0 Å². The molecule has 0 aromatic heterocycles. The molecule has 1 aromatic carbocycles. The molecule has 1 aromatic rings. The van der Waals surface area contributed by atoms with Crippen LogP contribution in [0.25, 0.3) is 0 Å². The molecule has 22 heavy (non-hydrogen) atoms. The van der Waals surface area contributed by atoms with Gasteiger partial charge in [-0.3, -0.25) is 9.59 Å². The molecule has 6 nitrogen and oxygen atoms in total. The molecule has 1 unspecified atom stereocenters. The first-order valence-electron chi connectivity index (χ1n) is 7.11. The number of halogens is 1. The summed E-state index contributed by atoms with van der Waals surface area (Å²) in [6.07, 6.45) is 0.938. The zero-order chi connectivity index (χ0) is 15.1. The normalized spacial score (nSPS) is 16.8. The highest BCUT2D eigenvalue weighted by Crippen LogP contribution is 2.14. The molecule has 0 radical (unpaired) electrons. The number of ether oxygens (including phenoxy) is 1. The molecule has 1 saturated heterocycles. The summed E-state index contributed by atoms with van der Waals surface area (Å²) < 4.78 is 5.31. The lowest BCUT2D eigenvalue weighted by atomic mass is 10.1. The summed E-state index contributed by atoms with van der Waals surface area (Å²) in [5.74, 6) is 0.635. The van der Waals surface area contributed by atoms with Gasteiger partial charge in [-0.15, -0.1) is 12.4 Å². The van der Waals surface area contributed by atoms with Crippen molar-refractivity contribution in [3.05, 3.63) is 30.3 Å². The average molecular weight is 328 g/mol. The first-order valence-corrected chi connectivity index (χ1v) is 7.11. The van der Waals surface area contributed by atoms with Gasteiger partial charge in [-0.1, -0.05) is 18.2 Å².